The molecule has 2 aromatic rings. The van der Waals surface area contributed by atoms with Crippen molar-refractivity contribution in [1.82, 2.24) is 0 Å². The van der Waals surface area contributed by atoms with Gasteiger partial charge in [-0.2, -0.15) is 0 Å². The van der Waals surface area contributed by atoms with Gasteiger partial charge in [-0.05, 0) is 36.4 Å². The minimum atomic E-state index is -1.03. The van der Waals surface area contributed by atoms with Crippen LogP contribution in [0.4, 0.5) is 11.4 Å². The molecule has 1 aliphatic rings. The summed E-state index contributed by atoms with van der Waals surface area (Å²) in [5.74, 6) is -1.97. The molecule has 0 bridgehead atoms. The number of para-hydroxylation sites is 1. The molecule has 2 aromatic carbocycles. The Labute approximate surface area is 149 Å². The number of anilines is 2. The number of carboxylic acids is 1. The SMILES string of the molecule is O=C(O)c1ccc(NC(=O)[C@@H]2CC(=O)N(c3ccccc3Cl)C2)cc1. The lowest BCUT2D eigenvalue weighted by molar-refractivity contribution is -0.122. The van der Waals surface area contributed by atoms with Crippen LogP contribution in [0.5, 0.6) is 0 Å². The quantitative estimate of drug-likeness (QED) is 0.879. The van der Waals surface area contributed by atoms with Crippen LogP contribution in [0.15, 0.2) is 48.5 Å². The number of nitrogens with one attached hydrogen (secondary N) is 1. The lowest BCUT2D eigenvalue weighted by Crippen LogP contribution is -2.28. The zero-order valence-electron chi connectivity index (χ0n) is 13.1. The smallest absolute Gasteiger partial charge is 0.335 e. The van der Waals surface area contributed by atoms with Gasteiger partial charge >= 0.3 is 5.97 Å². The first kappa shape index (κ1) is 17.0. The minimum absolute atomic E-state index is 0.101. The number of benzene rings is 2. The summed E-state index contributed by atoms with van der Waals surface area (Å²) in [6.07, 6.45) is 0.101. The summed E-state index contributed by atoms with van der Waals surface area (Å²) in [5.41, 5.74) is 1.22. The molecule has 2 N–H and O–H groups in total. The van der Waals surface area contributed by atoms with Gasteiger partial charge in [0.1, 0.15) is 0 Å². The van der Waals surface area contributed by atoms with Gasteiger partial charge in [-0.15, -0.1) is 0 Å². The first-order valence-corrected chi connectivity index (χ1v) is 8.02. The zero-order chi connectivity index (χ0) is 18.0. The van der Waals surface area contributed by atoms with Crippen molar-refractivity contribution in [1.29, 1.82) is 0 Å². The van der Waals surface area contributed by atoms with Gasteiger partial charge in [-0.3, -0.25) is 9.59 Å². The van der Waals surface area contributed by atoms with Gasteiger partial charge in [0.2, 0.25) is 11.8 Å². The normalized spacial score (nSPS) is 16.8. The molecule has 0 aliphatic carbocycles. The maximum absolute atomic E-state index is 12.4. The Balaban J connectivity index is 1.68. The van der Waals surface area contributed by atoms with Gasteiger partial charge in [-0.1, -0.05) is 23.7 Å². The van der Waals surface area contributed by atoms with E-state index in [1.165, 1.54) is 29.2 Å². The number of carbonyl (C=O) groups excluding carboxylic acids is 2. The van der Waals surface area contributed by atoms with Crippen LogP contribution < -0.4 is 10.2 Å². The molecular formula is C18H15ClN2O4. The maximum atomic E-state index is 12.4. The van der Waals surface area contributed by atoms with Crippen molar-refractivity contribution in [2.24, 2.45) is 5.92 Å². The Hall–Kier alpha value is -2.86. The second-order valence-electron chi connectivity index (χ2n) is 5.73. The molecule has 3 rings (SSSR count). The molecular weight excluding hydrogens is 344 g/mol. The summed E-state index contributed by atoms with van der Waals surface area (Å²) in [5, 5.41) is 12.1. The highest BCUT2D eigenvalue weighted by molar-refractivity contribution is 6.33. The number of halogens is 1. The van der Waals surface area contributed by atoms with Crippen LogP contribution in [-0.4, -0.2) is 29.4 Å². The second-order valence-corrected chi connectivity index (χ2v) is 6.14. The number of nitrogens with zero attached hydrogens (tertiary/aromatic N) is 1. The van der Waals surface area contributed by atoms with Gasteiger partial charge in [0.05, 0.1) is 22.2 Å². The molecule has 0 spiro atoms. The summed E-state index contributed by atoms with van der Waals surface area (Å²) < 4.78 is 0. The van der Waals surface area contributed by atoms with Gasteiger partial charge < -0.3 is 15.3 Å². The van der Waals surface area contributed by atoms with Crippen LogP contribution in [0.2, 0.25) is 5.02 Å². The zero-order valence-corrected chi connectivity index (χ0v) is 13.9. The minimum Gasteiger partial charge on any atom is -0.478 e. The van der Waals surface area contributed by atoms with Crippen LogP contribution in [-0.2, 0) is 9.59 Å². The Bertz CT molecular complexity index is 835. The molecule has 6 nitrogen and oxygen atoms in total. The molecule has 0 saturated carbocycles. The van der Waals surface area contributed by atoms with Crippen molar-refractivity contribution in [3.63, 3.8) is 0 Å². The topological polar surface area (TPSA) is 86.7 Å². The van der Waals surface area contributed by atoms with Gasteiger partial charge in [0.25, 0.3) is 0 Å². The van der Waals surface area contributed by atoms with E-state index >= 15 is 0 Å². The Kier molecular flexibility index (Phi) is 4.72. The fourth-order valence-corrected chi connectivity index (χ4v) is 2.96. The lowest BCUT2D eigenvalue weighted by Gasteiger charge is -2.18. The molecule has 2 amide bonds. The number of aromatic carboxylic acids is 1. The molecule has 7 heteroatoms. The summed E-state index contributed by atoms with van der Waals surface area (Å²) in [4.78, 5) is 37.0. The molecule has 1 saturated heterocycles. The van der Waals surface area contributed by atoms with Gasteiger partial charge in [0.15, 0.2) is 0 Å². The first-order valence-electron chi connectivity index (χ1n) is 7.65. The van der Waals surface area contributed by atoms with E-state index in [0.29, 0.717) is 16.4 Å². The molecule has 0 aromatic heterocycles. The fraction of sp³-hybridized carbons (Fsp3) is 0.167. The van der Waals surface area contributed by atoms with Gasteiger partial charge in [-0.25, -0.2) is 4.79 Å². The highest BCUT2D eigenvalue weighted by Crippen LogP contribution is 2.31. The average Bonchev–Trinajstić information content (AvgIpc) is 2.97. The summed E-state index contributed by atoms with van der Waals surface area (Å²) in [7, 11) is 0. The van der Waals surface area contributed by atoms with Crippen LogP contribution in [0.25, 0.3) is 0 Å². The first-order chi connectivity index (χ1) is 12.0. The average molecular weight is 359 g/mol. The lowest BCUT2D eigenvalue weighted by atomic mass is 10.1. The summed E-state index contributed by atoms with van der Waals surface area (Å²) >= 11 is 6.12. The third-order valence-electron chi connectivity index (χ3n) is 4.04. The number of carbonyl (C=O) groups is 3. The van der Waals surface area contributed by atoms with E-state index < -0.39 is 11.9 Å². The van der Waals surface area contributed by atoms with Crippen molar-refractivity contribution in [2.45, 2.75) is 6.42 Å². The monoisotopic (exact) mass is 358 g/mol. The van der Waals surface area contributed by atoms with E-state index in [1.807, 2.05) is 0 Å². The summed E-state index contributed by atoms with van der Waals surface area (Å²) in [6.45, 7) is 0.252. The van der Waals surface area contributed by atoms with Crippen molar-refractivity contribution < 1.29 is 19.5 Å². The largest absolute Gasteiger partial charge is 0.478 e. The Morgan fingerprint density at radius 3 is 2.44 bits per heavy atom. The Morgan fingerprint density at radius 1 is 1.12 bits per heavy atom. The van der Waals surface area contributed by atoms with Crippen LogP contribution in [0, 0.1) is 5.92 Å². The van der Waals surface area contributed by atoms with Crippen molar-refractivity contribution in [3.8, 4) is 0 Å². The van der Waals surface area contributed by atoms with Crippen LogP contribution in [0.3, 0.4) is 0 Å². The number of carboxylic acid groups (broad SMARTS) is 1. The van der Waals surface area contributed by atoms with E-state index in [-0.39, 0.29) is 30.3 Å². The highest BCUT2D eigenvalue weighted by Gasteiger charge is 2.35. The molecule has 128 valence electrons. The van der Waals surface area contributed by atoms with E-state index in [1.54, 1.807) is 24.3 Å². The van der Waals surface area contributed by atoms with E-state index in [4.69, 9.17) is 16.7 Å². The molecule has 1 fully saturated rings. The highest BCUT2D eigenvalue weighted by atomic mass is 35.5. The number of hydrogen-bond donors (Lipinski definition) is 2. The molecule has 1 atom stereocenters. The predicted molar refractivity (Wildman–Crippen MR) is 93.9 cm³/mol. The number of amides is 2. The fourth-order valence-electron chi connectivity index (χ4n) is 2.73. The molecule has 1 heterocycles. The van der Waals surface area contributed by atoms with Gasteiger partial charge in [0, 0.05) is 18.7 Å². The standard InChI is InChI=1S/C18H15ClN2O4/c19-14-3-1-2-4-15(14)21-10-12(9-16(21)22)17(23)20-13-7-5-11(6-8-13)18(24)25/h1-8,12H,9-10H2,(H,20,23)(H,24,25)/t12-/m1/s1. The molecule has 1 aliphatic heterocycles. The van der Waals surface area contributed by atoms with Crippen molar-refractivity contribution in [3.05, 3.63) is 59.1 Å². The summed E-state index contributed by atoms with van der Waals surface area (Å²) in [6, 6.07) is 12.9. The predicted octanol–water partition coefficient (Wildman–Crippen LogP) is 3.03. The van der Waals surface area contributed by atoms with Crippen LogP contribution in [0.1, 0.15) is 16.8 Å². The molecule has 25 heavy (non-hydrogen) atoms. The van der Waals surface area contributed by atoms with E-state index in [0.717, 1.165) is 0 Å². The van der Waals surface area contributed by atoms with E-state index in [2.05, 4.69) is 5.32 Å². The third-order valence-corrected chi connectivity index (χ3v) is 4.36. The van der Waals surface area contributed by atoms with Crippen molar-refractivity contribution in [2.75, 3.05) is 16.8 Å². The van der Waals surface area contributed by atoms with Crippen molar-refractivity contribution >= 4 is 40.8 Å². The number of hydrogen-bond acceptors (Lipinski definition) is 3. The third kappa shape index (κ3) is 3.64. The number of rotatable bonds is 4. The van der Waals surface area contributed by atoms with E-state index in [9.17, 15) is 14.4 Å². The second kappa shape index (κ2) is 6.94. The van der Waals surface area contributed by atoms with Crippen LogP contribution >= 0.6 is 11.6 Å². The maximum Gasteiger partial charge on any atom is 0.335 e. The Morgan fingerprint density at radius 2 is 1.80 bits per heavy atom. The molecule has 0 radical (unpaired) electrons. The molecule has 0 unspecified atom stereocenters.